The Hall–Kier alpha value is -0.630. The van der Waals surface area contributed by atoms with Crippen molar-refractivity contribution in [1.29, 1.82) is 0 Å². The highest BCUT2D eigenvalue weighted by molar-refractivity contribution is 9.10. The van der Waals surface area contributed by atoms with E-state index in [1.54, 1.807) is 0 Å². The molecule has 0 saturated heterocycles. The Balaban J connectivity index is 3.66. The molecule has 9 heavy (non-hydrogen) atoms. The van der Waals surface area contributed by atoms with E-state index < -0.39 is 0 Å². The van der Waals surface area contributed by atoms with Gasteiger partial charge in [-0.3, -0.25) is 4.79 Å². The topological polar surface area (TPSA) is 17.1 Å². The summed E-state index contributed by atoms with van der Waals surface area (Å²) in [5.74, 6) is 0. The maximum absolute atomic E-state index is 10.4. The summed E-state index contributed by atoms with van der Waals surface area (Å²) in [7, 11) is 0. The molecular formula is C7H5BrO. The van der Waals surface area contributed by atoms with Crippen LogP contribution in [0.4, 0.5) is 0 Å². The molecule has 1 aromatic carbocycles. The van der Waals surface area contributed by atoms with Crippen LogP contribution in [0.2, 0.25) is 0 Å². The Morgan fingerprint density at radius 2 is 2.00 bits per heavy atom. The van der Waals surface area contributed by atoms with E-state index in [9.17, 15) is 4.79 Å². The minimum Gasteiger partial charge on any atom is -0.298 e. The molecule has 0 aliphatic carbocycles. The lowest BCUT2D eigenvalue weighted by Crippen LogP contribution is -1.75. The summed E-state index contributed by atoms with van der Waals surface area (Å²) in [5.41, 5.74) is -0.210. The zero-order valence-electron chi connectivity index (χ0n) is 8.36. The van der Waals surface area contributed by atoms with Gasteiger partial charge in [-0.05, 0) is 12.1 Å². The maximum Gasteiger partial charge on any atom is 0.150 e. The molecule has 0 fully saturated rings. The smallest absolute Gasteiger partial charge is 0.150 e. The molecule has 1 nitrogen and oxygen atoms in total. The minimum atomic E-state index is -0.317. The molecule has 0 unspecified atom stereocenters. The summed E-state index contributed by atoms with van der Waals surface area (Å²) in [6, 6.07) is -1.10. The van der Waals surface area contributed by atoms with Gasteiger partial charge in [0, 0.05) is 10.0 Å². The van der Waals surface area contributed by atoms with Gasteiger partial charge in [-0.15, -0.1) is 0 Å². The monoisotopic (exact) mass is 188 g/mol. The molecule has 1 aromatic rings. The van der Waals surface area contributed by atoms with Gasteiger partial charge in [-0.25, -0.2) is 0 Å². The van der Waals surface area contributed by atoms with Crippen molar-refractivity contribution in [2.24, 2.45) is 0 Å². The van der Waals surface area contributed by atoms with Crippen LogP contribution >= 0.6 is 15.9 Å². The van der Waals surface area contributed by atoms with Crippen LogP contribution in [0.15, 0.2) is 28.6 Å². The van der Waals surface area contributed by atoms with Crippen LogP contribution in [0.5, 0.6) is 0 Å². The lowest BCUT2D eigenvalue weighted by molar-refractivity contribution is 0.112. The van der Waals surface area contributed by atoms with Crippen molar-refractivity contribution in [3.63, 3.8) is 0 Å². The lowest BCUT2D eigenvalue weighted by atomic mass is 10.2. The van der Waals surface area contributed by atoms with E-state index >= 15 is 0 Å². The third-order valence-corrected chi connectivity index (χ3v) is 1.13. The Bertz CT molecular complexity index is 348. The van der Waals surface area contributed by atoms with Gasteiger partial charge in [-0.2, -0.15) is 0 Å². The molecule has 0 atom stereocenters. The Morgan fingerprint density at radius 3 is 2.44 bits per heavy atom. The number of carbonyl (C=O) groups excluding carboxylic acids is 1. The lowest BCUT2D eigenvalue weighted by Gasteiger charge is -1.87. The molecule has 0 aliphatic heterocycles. The molecule has 2 heteroatoms. The van der Waals surface area contributed by atoms with Crippen molar-refractivity contribution in [3.8, 4) is 0 Å². The standard InChI is InChI=1S/C7H5BrO/c8-7-3-1-6(5-9)2-4-7/h1-5H/i1D,2D,3D,4D. The van der Waals surface area contributed by atoms with Gasteiger partial charge in [0.15, 0.2) is 0 Å². The van der Waals surface area contributed by atoms with Gasteiger partial charge in [0.25, 0.3) is 0 Å². The van der Waals surface area contributed by atoms with E-state index in [1.165, 1.54) is 0 Å². The second kappa shape index (κ2) is 2.78. The van der Waals surface area contributed by atoms with Crippen LogP contribution in [0.3, 0.4) is 0 Å². The number of benzene rings is 1. The quantitative estimate of drug-likeness (QED) is 0.619. The summed E-state index contributed by atoms with van der Waals surface area (Å²) in [4.78, 5) is 10.4. The fourth-order valence-corrected chi connectivity index (χ4v) is 0.564. The van der Waals surface area contributed by atoms with Gasteiger partial charge >= 0.3 is 0 Å². The Labute approximate surface area is 67.4 Å². The van der Waals surface area contributed by atoms with E-state index in [4.69, 9.17) is 5.48 Å². The number of halogens is 1. The number of hydrogen-bond donors (Lipinski definition) is 0. The van der Waals surface area contributed by atoms with Gasteiger partial charge < -0.3 is 0 Å². The molecule has 0 saturated carbocycles. The van der Waals surface area contributed by atoms with Crippen molar-refractivity contribution < 1.29 is 10.3 Å². The van der Waals surface area contributed by atoms with Crippen molar-refractivity contribution >= 4 is 22.2 Å². The van der Waals surface area contributed by atoms with Crippen LogP contribution < -0.4 is 0 Å². The highest BCUT2D eigenvalue weighted by atomic mass is 79.9. The van der Waals surface area contributed by atoms with Crippen LogP contribution in [-0.4, -0.2) is 6.29 Å². The molecular weight excluding hydrogens is 180 g/mol. The third kappa shape index (κ3) is 1.64. The second-order valence-electron chi connectivity index (χ2n) is 1.35. The molecule has 0 radical (unpaired) electrons. The van der Waals surface area contributed by atoms with Gasteiger partial charge in [-0.1, -0.05) is 28.0 Å². The summed E-state index contributed by atoms with van der Waals surface area (Å²) in [5, 5.41) is 0. The Morgan fingerprint density at radius 1 is 1.44 bits per heavy atom. The molecule has 0 aliphatic rings. The minimum absolute atomic E-state index is 0.0769. The van der Waals surface area contributed by atoms with E-state index in [0.29, 0.717) is 6.29 Å². The largest absolute Gasteiger partial charge is 0.298 e. The second-order valence-corrected chi connectivity index (χ2v) is 2.14. The van der Waals surface area contributed by atoms with E-state index in [1.807, 2.05) is 0 Å². The Kier molecular flexibility index (Phi) is 0.918. The van der Waals surface area contributed by atoms with Crippen molar-refractivity contribution in [2.45, 2.75) is 0 Å². The highest BCUT2D eigenvalue weighted by Gasteiger charge is 1.86. The molecule has 0 heterocycles. The van der Waals surface area contributed by atoms with Crippen molar-refractivity contribution in [1.82, 2.24) is 0 Å². The number of carbonyl (C=O) groups is 1. The van der Waals surface area contributed by atoms with Crippen LogP contribution in [0.25, 0.3) is 0 Å². The zero-order valence-corrected chi connectivity index (χ0v) is 5.95. The number of aldehydes is 1. The average Bonchev–Trinajstić information content (AvgIpc) is 2.13. The van der Waals surface area contributed by atoms with E-state index in [-0.39, 0.29) is 34.2 Å². The molecule has 0 aromatic heterocycles. The highest BCUT2D eigenvalue weighted by Crippen LogP contribution is 2.08. The SMILES string of the molecule is [2H]c1c([2H])c(C=O)c([2H])c([2H])c1Br. The fourth-order valence-electron chi connectivity index (χ4n) is 0.366. The van der Waals surface area contributed by atoms with Crippen LogP contribution in [0.1, 0.15) is 15.8 Å². The molecule has 1 rings (SSSR count). The number of rotatable bonds is 1. The summed E-state index contributed by atoms with van der Waals surface area (Å²) >= 11 is 2.91. The first-order chi connectivity index (χ1) is 6.00. The third-order valence-electron chi connectivity index (χ3n) is 0.732. The molecule has 46 valence electrons. The predicted octanol–water partition coefficient (Wildman–Crippen LogP) is 2.26. The first kappa shape index (κ1) is 2.97. The van der Waals surface area contributed by atoms with Gasteiger partial charge in [0.2, 0.25) is 0 Å². The predicted molar refractivity (Wildman–Crippen MR) is 39.5 cm³/mol. The first-order valence-corrected chi connectivity index (χ1v) is 3.01. The summed E-state index contributed by atoms with van der Waals surface area (Å²) in [6.45, 7) is 0. The van der Waals surface area contributed by atoms with Crippen LogP contribution in [-0.2, 0) is 0 Å². The van der Waals surface area contributed by atoms with Gasteiger partial charge in [0.1, 0.15) is 6.29 Å². The maximum atomic E-state index is 10.4. The molecule has 0 N–H and O–H groups in total. The van der Waals surface area contributed by atoms with E-state index in [0.717, 1.165) is 0 Å². The van der Waals surface area contributed by atoms with Crippen molar-refractivity contribution in [2.75, 3.05) is 0 Å². The average molecular weight is 189 g/mol. The van der Waals surface area contributed by atoms with Gasteiger partial charge in [0.05, 0.1) is 5.48 Å². The van der Waals surface area contributed by atoms with Crippen molar-refractivity contribution in [3.05, 3.63) is 34.2 Å². The molecule has 0 bridgehead atoms. The van der Waals surface area contributed by atoms with E-state index in [2.05, 4.69) is 15.9 Å². The normalized spacial score (nSPS) is 15.2. The fraction of sp³-hybridized carbons (Fsp3) is 0. The number of hydrogen-bond acceptors (Lipinski definition) is 1. The summed E-state index contributed by atoms with van der Waals surface area (Å²) in [6.07, 6.45) is 0.327. The molecule has 0 spiro atoms. The summed E-state index contributed by atoms with van der Waals surface area (Å²) < 4.78 is 29.4. The molecule has 0 amide bonds. The zero-order chi connectivity index (χ0) is 10.2. The van der Waals surface area contributed by atoms with Crippen LogP contribution in [0, 0.1) is 0 Å². The first-order valence-electron chi connectivity index (χ1n) is 4.21.